The summed E-state index contributed by atoms with van der Waals surface area (Å²) in [5.41, 5.74) is -1.68. The molecule has 1 unspecified atom stereocenters. The first-order chi connectivity index (χ1) is 30.0. The molecule has 1 saturated carbocycles. The second-order valence-electron chi connectivity index (χ2n) is 13.5. The van der Waals surface area contributed by atoms with Gasteiger partial charge in [0.05, 0.1) is 56.8 Å². The number of rotatable bonds is 9. The average molecular weight is 817 g/mol. The lowest BCUT2D eigenvalue weighted by Crippen LogP contribution is -2.54. The Hall–Kier alpha value is -5.12. The van der Waals surface area contributed by atoms with Crippen LogP contribution in [0.3, 0.4) is 0 Å². The highest BCUT2D eigenvalue weighted by Gasteiger charge is 2.45. The summed E-state index contributed by atoms with van der Waals surface area (Å²) in [6.45, 7) is -14.2. The fraction of sp³-hybridized carbons (Fsp3) is 0.385. The van der Waals surface area contributed by atoms with E-state index in [1.165, 1.54) is 25.6 Å². The van der Waals surface area contributed by atoms with Gasteiger partial charge in [0.25, 0.3) is 11.8 Å². The molecule has 2 N–H and O–H groups in total. The Morgan fingerprint density at radius 1 is 0.929 bits per heavy atom. The number of nitrogens with zero attached hydrogens (tertiary/aromatic N) is 5. The van der Waals surface area contributed by atoms with Gasteiger partial charge >= 0.3 is 0 Å². The van der Waals surface area contributed by atoms with Gasteiger partial charge in [-0.25, -0.2) is 18.7 Å². The van der Waals surface area contributed by atoms with Crippen molar-refractivity contribution in [1.82, 2.24) is 25.1 Å². The summed E-state index contributed by atoms with van der Waals surface area (Å²) in [5.74, 6) is -5.67. The molecule has 4 aromatic rings. The first-order valence-electron chi connectivity index (χ1n) is 21.5. The predicted octanol–water partition coefficient (Wildman–Crippen LogP) is 6.13. The fourth-order valence-corrected chi connectivity index (χ4v) is 7.48. The number of anilines is 3. The Bertz CT molecular complexity index is 2620. The van der Waals surface area contributed by atoms with Crippen LogP contribution in [0.25, 0.3) is 10.9 Å². The van der Waals surface area contributed by atoms with Crippen LogP contribution in [0.4, 0.5) is 26.0 Å². The Labute approximate surface area is 341 Å². The van der Waals surface area contributed by atoms with Crippen molar-refractivity contribution in [3.05, 3.63) is 75.5 Å². The van der Waals surface area contributed by atoms with E-state index >= 15 is 4.39 Å². The highest BCUT2D eigenvalue weighted by atomic mass is 35.5. The van der Waals surface area contributed by atoms with E-state index in [4.69, 9.17) is 43.6 Å². The smallest absolute Gasteiger partial charge is 0.262 e. The normalized spacial score (nSPS) is 27.4. The fourth-order valence-electron chi connectivity index (χ4n) is 7.17. The molecule has 8 rings (SSSR count). The molecule has 1 aliphatic carbocycles. The van der Waals surface area contributed by atoms with E-state index in [0.717, 1.165) is 0 Å². The molecule has 4 amide bonds. The number of carbonyl (C=O) groups excluding carboxylic acids is 4. The summed E-state index contributed by atoms with van der Waals surface area (Å²) in [7, 11) is 1.44. The zero-order valence-corrected chi connectivity index (χ0v) is 30.9. The zero-order valence-electron chi connectivity index (χ0n) is 37.4. The minimum absolute atomic E-state index is 0.00647. The topological polar surface area (TPSA) is 146 Å². The molecular formula is C39H37Cl2F2N7O6. The highest BCUT2D eigenvalue weighted by Crippen LogP contribution is 2.39. The van der Waals surface area contributed by atoms with Gasteiger partial charge in [0.15, 0.2) is 17.3 Å². The summed E-state index contributed by atoms with van der Waals surface area (Å²) < 4.78 is 115. The molecule has 3 fully saturated rings. The van der Waals surface area contributed by atoms with Crippen LogP contribution >= 0.6 is 23.2 Å². The van der Waals surface area contributed by atoms with Gasteiger partial charge in [0.2, 0.25) is 11.8 Å². The van der Waals surface area contributed by atoms with Crippen molar-refractivity contribution in [2.75, 3.05) is 49.9 Å². The maximum absolute atomic E-state index is 16.1. The van der Waals surface area contributed by atoms with Gasteiger partial charge in [-0.05, 0) is 68.4 Å². The van der Waals surface area contributed by atoms with E-state index in [1.54, 1.807) is 12.1 Å². The van der Waals surface area contributed by atoms with Gasteiger partial charge in [-0.15, -0.1) is 0 Å². The van der Waals surface area contributed by atoms with Crippen LogP contribution in [-0.4, -0.2) is 95.2 Å². The van der Waals surface area contributed by atoms with E-state index in [1.807, 2.05) is 5.32 Å². The first kappa shape index (κ1) is 29.2. The van der Waals surface area contributed by atoms with Crippen LogP contribution in [0.2, 0.25) is 10.0 Å². The van der Waals surface area contributed by atoms with Crippen molar-refractivity contribution in [2.24, 2.45) is 5.92 Å². The molecular weight excluding hydrogens is 771 g/mol. The maximum atomic E-state index is 16.1. The van der Waals surface area contributed by atoms with Crippen LogP contribution in [0.15, 0.2) is 42.7 Å². The summed E-state index contributed by atoms with van der Waals surface area (Å²) in [5, 5.41) is 5.14. The molecule has 2 saturated heterocycles. The van der Waals surface area contributed by atoms with Gasteiger partial charge in [-0.3, -0.25) is 34.3 Å². The molecule has 1 atom stereocenters. The van der Waals surface area contributed by atoms with Gasteiger partial charge in [-0.2, -0.15) is 0 Å². The van der Waals surface area contributed by atoms with E-state index in [2.05, 4.69) is 15.3 Å². The molecule has 3 aromatic carbocycles. The quantitative estimate of drug-likeness (QED) is 0.149. The molecule has 17 heteroatoms. The number of hydrogen-bond acceptors (Lipinski definition) is 11. The third-order valence-corrected chi connectivity index (χ3v) is 10.9. The Balaban J connectivity index is 1.00. The van der Waals surface area contributed by atoms with Crippen LogP contribution in [0, 0.1) is 17.6 Å². The molecule has 1 aromatic heterocycles. The maximum Gasteiger partial charge on any atom is 0.262 e. The van der Waals surface area contributed by atoms with Gasteiger partial charge < -0.3 is 19.7 Å². The van der Waals surface area contributed by atoms with Crippen molar-refractivity contribution in [2.45, 2.75) is 50.7 Å². The lowest BCUT2D eigenvalue weighted by atomic mass is 9.87. The number of ether oxygens (including phenoxy) is 2. The minimum atomic E-state index is -3.51. The lowest BCUT2D eigenvalue weighted by molar-refractivity contribution is -0.136. The van der Waals surface area contributed by atoms with Crippen LogP contribution < -0.4 is 25.0 Å². The molecule has 0 radical (unpaired) electrons. The Morgan fingerprint density at radius 2 is 1.66 bits per heavy atom. The monoisotopic (exact) mass is 815 g/mol. The van der Waals surface area contributed by atoms with Crippen molar-refractivity contribution in [3.63, 3.8) is 0 Å². The Kier molecular flexibility index (Phi) is 8.04. The van der Waals surface area contributed by atoms with Crippen molar-refractivity contribution in [1.29, 1.82) is 0 Å². The first-order valence-corrected chi connectivity index (χ1v) is 18.3. The third kappa shape index (κ3) is 7.19. The number of fused-ring (bicyclic) bond motifs is 2. The number of carbonyl (C=O) groups is 4. The SMILES string of the molecule is [2H]C1([2H])N(CC2CCC(Oc3cc4c(Nc5ccc(Cl)c(Cl)c5F)ncnc4cc3OC)CC2)C([2H])([2H])C([2H])([2H])N(c2cc3c(cc2F)C(=O)N(C2CCC(=O)NC2=O)C3=O)C1([2H])[2H]. The van der Waals surface area contributed by atoms with E-state index in [9.17, 15) is 23.6 Å². The molecule has 4 aliphatic rings. The number of aromatic nitrogens is 2. The number of methoxy groups -OCH3 is 1. The number of benzene rings is 3. The molecule has 0 bridgehead atoms. The minimum Gasteiger partial charge on any atom is -0.493 e. The van der Waals surface area contributed by atoms with E-state index in [-0.39, 0.29) is 39.3 Å². The lowest BCUT2D eigenvalue weighted by Gasteiger charge is -2.39. The second kappa shape index (κ2) is 15.4. The third-order valence-electron chi connectivity index (χ3n) is 10.1. The number of imide groups is 2. The van der Waals surface area contributed by atoms with Crippen LogP contribution in [0.1, 0.15) is 70.2 Å². The molecule has 3 aliphatic heterocycles. The molecule has 292 valence electrons. The second-order valence-corrected chi connectivity index (χ2v) is 14.3. The van der Waals surface area contributed by atoms with Gasteiger partial charge in [0.1, 0.15) is 24.0 Å². The van der Waals surface area contributed by atoms with Crippen molar-refractivity contribution >= 4 is 74.9 Å². The van der Waals surface area contributed by atoms with E-state index in [0.29, 0.717) is 70.0 Å². The summed E-state index contributed by atoms with van der Waals surface area (Å²) >= 11 is 12.0. The number of piperazine rings is 1. The van der Waals surface area contributed by atoms with Crippen LogP contribution in [0.5, 0.6) is 11.5 Å². The number of hydrogen-bond donors (Lipinski definition) is 2. The summed E-state index contributed by atoms with van der Waals surface area (Å²) in [6, 6.07) is 5.83. The van der Waals surface area contributed by atoms with Gasteiger partial charge in [0, 0.05) is 55.9 Å². The number of halogens is 4. The average Bonchev–Trinajstić information content (AvgIpc) is 3.46. The number of piperidine rings is 1. The largest absolute Gasteiger partial charge is 0.493 e. The predicted molar refractivity (Wildman–Crippen MR) is 204 cm³/mol. The number of nitrogens with one attached hydrogen (secondary N) is 2. The van der Waals surface area contributed by atoms with Gasteiger partial charge in [-0.1, -0.05) is 23.2 Å². The zero-order chi connectivity index (χ0) is 46.4. The molecule has 4 heterocycles. The molecule has 13 nitrogen and oxygen atoms in total. The standard InChI is InChI=1S/C39H37Cl2F2N7O6/c1-55-31-17-28-24(36(45-19-44-28)46-27-7-6-25(40)34(41)35(27)43)16-32(31)56-21-4-2-20(3-5-21)18-48-10-12-49(13-11-48)30-15-23-22(14-26(30)42)38(53)50(39(23)54)29-8-9-33(51)47-37(29)52/h6-7,14-17,19-21,29H,2-5,8-13,18H2,1H3,(H,44,45,46)(H,47,51,52)/i10D2,11D2,12D2,13D2. The van der Waals surface area contributed by atoms with Crippen molar-refractivity contribution in [3.8, 4) is 11.5 Å². The van der Waals surface area contributed by atoms with Crippen molar-refractivity contribution < 1.29 is 48.4 Å². The Morgan fingerprint density at radius 3 is 2.38 bits per heavy atom. The molecule has 0 spiro atoms. The van der Waals surface area contributed by atoms with Crippen LogP contribution in [-0.2, 0) is 9.59 Å². The van der Waals surface area contributed by atoms with E-state index < -0.39 is 103 Å². The molecule has 56 heavy (non-hydrogen) atoms. The summed E-state index contributed by atoms with van der Waals surface area (Å²) in [4.78, 5) is 60.6. The summed E-state index contributed by atoms with van der Waals surface area (Å²) in [6.07, 6.45) is 1.75. The number of amides is 4. The highest BCUT2D eigenvalue weighted by molar-refractivity contribution is 6.42.